The largest absolute Gasteiger partial charge is 0.481 e. The Labute approximate surface area is 120 Å². The van der Waals surface area contributed by atoms with Crippen LogP contribution in [-0.2, 0) is 4.79 Å². The topological polar surface area (TPSA) is 79.3 Å². The number of carbonyl (C=O) groups is 2. The van der Waals surface area contributed by atoms with Gasteiger partial charge < -0.3 is 10.4 Å². The summed E-state index contributed by atoms with van der Waals surface area (Å²) >= 11 is 3.19. The summed E-state index contributed by atoms with van der Waals surface area (Å²) in [6.07, 6.45) is 1.41. The quantitative estimate of drug-likeness (QED) is 0.832. The van der Waals surface area contributed by atoms with Crippen LogP contribution in [0, 0.1) is 5.41 Å². The third-order valence-corrected chi connectivity index (χ3v) is 3.15. The Kier molecular flexibility index (Phi) is 5.05. The van der Waals surface area contributed by atoms with E-state index in [-0.39, 0.29) is 17.7 Å². The first-order valence-electron chi connectivity index (χ1n) is 5.84. The number of nitrogens with zero attached hydrogens (tertiary/aromatic N) is 1. The van der Waals surface area contributed by atoms with Crippen molar-refractivity contribution in [3.8, 4) is 0 Å². The second-order valence-electron chi connectivity index (χ2n) is 5.36. The number of amides is 1. The summed E-state index contributed by atoms with van der Waals surface area (Å²) in [5.41, 5.74) is 0.111. The molecule has 0 aliphatic carbocycles. The molecule has 6 heteroatoms. The molecule has 0 aliphatic heterocycles. The molecule has 1 unspecified atom stereocenters. The van der Waals surface area contributed by atoms with Gasteiger partial charge in [0.15, 0.2) is 0 Å². The van der Waals surface area contributed by atoms with Crippen molar-refractivity contribution in [3.63, 3.8) is 0 Å². The number of hydrogen-bond acceptors (Lipinski definition) is 3. The fourth-order valence-corrected chi connectivity index (χ4v) is 1.90. The number of halogens is 1. The predicted molar refractivity (Wildman–Crippen MR) is 74.9 cm³/mol. The molecule has 1 heterocycles. The number of rotatable bonds is 4. The molecular formula is C13H17BrN2O3. The van der Waals surface area contributed by atoms with Crippen LogP contribution in [0.4, 0.5) is 0 Å². The zero-order valence-electron chi connectivity index (χ0n) is 11.1. The van der Waals surface area contributed by atoms with Gasteiger partial charge in [-0.05, 0) is 33.5 Å². The summed E-state index contributed by atoms with van der Waals surface area (Å²) in [5, 5.41) is 11.7. The highest BCUT2D eigenvalue weighted by atomic mass is 79.9. The Morgan fingerprint density at radius 3 is 2.58 bits per heavy atom. The summed E-state index contributed by atoms with van der Waals surface area (Å²) in [4.78, 5) is 26.9. The van der Waals surface area contributed by atoms with E-state index in [0.29, 0.717) is 10.2 Å². The molecule has 104 valence electrons. The van der Waals surface area contributed by atoms with E-state index in [2.05, 4.69) is 26.2 Å². The predicted octanol–water partition coefficient (Wildman–Crippen LogP) is 2.46. The minimum absolute atomic E-state index is 0.110. The first-order valence-corrected chi connectivity index (χ1v) is 6.63. The number of nitrogens with one attached hydrogen (secondary N) is 1. The molecule has 1 rings (SSSR count). The number of aromatic nitrogens is 1. The summed E-state index contributed by atoms with van der Waals surface area (Å²) in [7, 11) is 0. The number of pyridine rings is 1. The van der Waals surface area contributed by atoms with E-state index in [4.69, 9.17) is 5.11 Å². The average molecular weight is 329 g/mol. The molecule has 0 radical (unpaired) electrons. The van der Waals surface area contributed by atoms with Gasteiger partial charge in [-0.2, -0.15) is 0 Å². The molecule has 0 bridgehead atoms. The van der Waals surface area contributed by atoms with E-state index in [9.17, 15) is 9.59 Å². The molecule has 0 fully saturated rings. The maximum absolute atomic E-state index is 12.1. The van der Waals surface area contributed by atoms with E-state index < -0.39 is 12.0 Å². The Hall–Kier alpha value is -1.43. The van der Waals surface area contributed by atoms with Crippen LogP contribution >= 0.6 is 15.9 Å². The first kappa shape index (κ1) is 15.6. The molecule has 1 amide bonds. The molecule has 1 aromatic rings. The fraction of sp³-hybridized carbons (Fsp3) is 0.462. The van der Waals surface area contributed by atoms with E-state index in [0.717, 1.165) is 0 Å². The van der Waals surface area contributed by atoms with Crippen LogP contribution in [0.2, 0.25) is 0 Å². The lowest BCUT2D eigenvalue weighted by molar-refractivity contribution is -0.138. The van der Waals surface area contributed by atoms with Crippen molar-refractivity contribution < 1.29 is 14.7 Å². The monoisotopic (exact) mass is 328 g/mol. The van der Waals surface area contributed by atoms with Gasteiger partial charge in [0, 0.05) is 17.8 Å². The number of hydrogen-bond donors (Lipinski definition) is 2. The minimum Gasteiger partial charge on any atom is -0.481 e. The van der Waals surface area contributed by atoms with Crippen molar-refractivity contribution >= 4 is 27.8 Å². The van der Waals surface area contributed by atoms with Crippen LogP contribution in [0.3, 0.4) is 0 Å². The lowest BCUT2D eigenvalue weighted by Gasteiger charge is -2.30. The normalized spacial score (nSPS) is 12.8. The molecular weight excluding hydrogens is 312 g/mol. The van der Waals surface area contributed by atoms with Crippen molar-refractivity contribution in [1.82, 2.24) is 10.3 Å². The molecule has 19 heavy (non-hydrogen) atoms. The van der Waals surface area contributed by atoms with Gasteiger partial charge in [0.1, 0.15) is 4.60 Å². The van der Waals surface area contributed by atoms with Crippen molar-refractivity contribution in [2.24, 2.45) is 5.41 Å². The maximum atomic E-state index is 12.1. The molecule has 0 spiro atoms. The van der Waals surface area contributed by atoms with E-state index in [1.54, 1.807) is 12.1 Å². The molecule has 1 aromatic heterocycles. The third-order valence-electron chi connectivity index (χ3n) is 2.72. The Morgan fingerprint density at radius 1 is 1.47 bits per heavy atom. The van der Waals surface area contributed by atoms with Gasteiger partial charge in [-0.15, -0.1) is 0 Å². The van der Waals surface area contributed by atoms with Gasteiger partial charge in [0.2, 0.25) is 0 Å². The van der Waals surface area contributed by atoms with Crippen molar-refractivity contribution in [2.75, 3.05) is 0 Å². The molecule has 2 N–H and O–H groups in total. The lowest BCUT2D eigenvalue weighted by Crippen LogP contribution is -2.45. The Balaban J connectivity index is 2.85. The zero-order valence-corrected chi connectivity index (χ0v) is 12.7. The molecule has 0 saturated carbocycles. The molecule has 0 aromatic carbocycles. The van der Waals surface area contributed by atoms with E-state index in [1.165, 1.54) is 6.20 Å². The van der Waals surface area contributed by atoms with Gasteiger partial charge in [-0.25, -0.2) is 4.98 Å². The summed E-state index contributed by atoms with van der Waals surface area (Å²) in [6, 6.07) is 2.74. The van der Waals surface area contributed by atoms with Gasteiger partial charge in [-0.3, -0.25) is 9.59 Å². The number of carboxylic acids is 1. The fourth-order valence-electron chi connectivity index (χ4n) is 1.53. The highest BCUT2D eigenvalue weighted by molar-refractivity contribution is 9.10. The van der Waals surface area contributed by atoms with Crippen molar-refractivity contribution in [3.05, 3.63) is 28.5 Å². The summed E-state index contributed by atoms with van der Waals surface area (Å²) < 4.78 is 0.561. The van der Waals surface area contributed by atoms with Crippen LogP contribution < -0.4 is 5.32 Å². The smallest absolute Gasteiger partial charge is 0.305 e. The van der Waals surface area contributed by atoms with Crippen molar-refractivity contribution in [1.29, 1.82) is 0 Å². The molecule has 0 saturated heterocycles. The van der Waals surface area contributed by atoms with Crippen LogP contribution in [0.1, 0.15) is 37.6 Å². The Morgan fingerprint density at radius 2 is 2.11 bits per heavy atom. The number of aliphatic carboxylic acids is 1. The molecule has 1 atom stereocenters. The second-order valence-corrected chi connectivity index (χ2v) is 6.17. The standard InChI is InChI=1S/C13H17BrN2O3/c1-13(2,3)9(7-11(17)18)16-12(19)8-4-5-15-10(14)6-8/h4-6,9H,7H2,1-3H3,(H,16,19)(H,17,18). The minimum atomic E-state index is -0.934. The van der Waals surface area contributed by atoms with Gasteiger partial charge in [0.05, 0.1) is 6.42 Å². The third kappa shape index (κ3) is 4.98. The molecule has 0 aliphatic rings. The molecule has 5 nitrogen and oxygen atoms in total. The number of carboxylic acid groups (broad SMARTS) is 1. The SMILES string of the molecule is CC(C)(C)C(CC(=O)O)NC(=O)c1ccnc(Br)c1. The van der Waals surface area contributed by atoms with Crippen LogP contribution in [0.15, 0.2) is 22.9 Å². The van der Waals surface area contributed by atoms with Crippen LogP contribution in [0.5, 0.6) is 0 Å². The van der Waals surface area contributed by atoms with E-state index in [1.807, 2.05) is 20.8 Å². The summed E-state index contributed by atoms with van der Waals surface area (Å²) in [6.45, 7) is 5.68. The average Bonchev–Trinajstić information content (AvgIpc) is 2.26. The van der Waals surface area contributed by atoms with Crippen LogP contribution in [-0.4, -0.2) is 28.0 Å². The van der Waals surface area contributed by atoms with E-state index >= 15 is 0 Å². The second kappa shape index (κ2) is 6.14. The Bertz CT molecular complexity index is 483. The highest BCUT2D eigenvalue weighted by Gasteiger charge is 2.28. The zero-order chi connectivity index (χ0) is 14.6. The van der Waals surface area contributed by atoms with Crippen LogP contribution in [0.25, 0.3) is 0 Å². The maximum Gasteiger partial charge on any atom is 0.305 e. The lowest BCUT2D eigenvalue weighted by atomic mass is 9.84. The highest BCUT2D eigenvalue weighted by Crippen LogP contribution is 2.22. The van der Waals surface area contributed by atoms with Gasteiger partial charge in [-0.1, -0.05) is 20.8 Å². The van der Waals surface area contributed by atoms with Gasteiger partial charge in [0.25, 0.3) is 5.91 Å². The van der Waals surface area contributed by atoms with Gasteiger partial charge >= 0.3 is 5.97 Å². The number of carbonyl (C=O) groups excluding carboxylic acids is 1. The summed E-state index contributed by atoms with van der Waals surface area (Å²) in [5.74, 6) is -1.24. The van der Waals surface area contributed by atoms with Crippen molar-refractivity contribution in [2.45, 2.75) is 33.2 Å². The first-order chi connectivity index (χ1) is 8.70.